The first-order valence-electron chi connectivity index (χ1n) is 24.9. The van der Waals surface area contributed by atoms with E-state index in [2.05, 4.69) is 82.6 Å². The van der Waals surface area contributed by atoms with Crippen LogP contribution < -0.4 is 19.9 Å². The van der Waals surface area contributed by atoms with Crippen LogP contribution in [0.25, 0.3) is 22.3 Å². The molecule has 0 spiro atoms. The first-order chi connectivity index (χ1) is 34.3. The number of carbonyl (C=O) groups is 4. The second kappa shape index (κ2) is 21.6. The normalized spacial score (nSPS) is 18.1. The number of benzene rings is 6. The van der Waals surface area contributed by atoms with Crippen LogP contribution in [0.15, 0.2) is 158 Å². The molecule has 0 radical (unpaired) electrons. The van der Waals surface area contributed by atoms with Gasteiger partial charge < -0.3 is 29.3 Å². The molecule has 358 valence electrons. The number of hydrogen-bond acceptors (Lipinski definition) is 10. The lowest BCUT2D eigenvalue weighted by atomic mass is 10.0. The average Bonchev–Trinajstić information content (AvgIpc) is 4.14. The fraction of sp³-hybridized carbons (Fsp3) is 0.310. The molecule has 0 aromatic heterocycles. The Hall–Kier alpha value is -7.28. The third-order valence-corrected chi connectivity index (χ3v) is 14.1. The van der Waals surface area contributed by atoms with Gasteiger partial charge in [-0.1, -0.05) is 133 Å². The fourth-order valence-corrected chi connectivity index (χ4v) is 10.4. The lowest BCUT2D eigenvalue weighted by Crippen LogP contribution is -2.57. The van der Waals surface area contributed by atoms with Crippen LogP contribution in [-0.4, -0.2) is 98.0 Å². The molecular weight excluding hydrogens is 877 g/mol. The summed E-state index contributed by atoms with van der Waals surface area (Å²) in [5, 5.41) is 3.04. The van der Waals surface area contributed by atoms with E-state index in [9.17, 15) is 19.2 Å². The third-order valence-electron chi connectivity index (χ3n) is 14.1. The number of carbonyl (C=O) groups excluding carboxylic acids is 4. The van der Waals surface area contributed by atoms with Crippen molar-refractivity contribution < 1.29 is 28.9 Å². The molecule has 0 aliphatic carbocycles. The van der Waals surface area contributed by atoms with Crippen molar-refractivity contribution >= 4 is 46.5 Å². The number of anilines is 4. The van der Waals surface area contributed by atoms with Crippen LogP contribution in [0.3, 0.4) is 0 Å². The third kappa shape index (κ3) is 10.6. The molecule has 4 aliphatic heterocycles. The van der Waals surface area contributed by atoms with Crippen molar-refractivity contribution in [1.82, 2.24) is 9.80 Å². The van der Waals surface area contributed by atoms with Gasteiger partial charge in [-0.25, -0.2) is 9.59 Å². The quantitative estimate of drug-likeness (QED) is 0.0983. The Labute approximate surface area is 410 Å². The maximum atomic E-state index is 14.2. The van der Waals surface area contributed by atoms with E-state index in [-0.39, 0.29) is 24.9 Å². The van der Waals surface area contributed by atoms with Gasteiger partial charge in [-0.15, -0.1) is 0 Å². The Morgan fingerprint density at radius 3 is 1.10 bits per heavy atom. The highest BCUT2D eigenvalue weighted by molar-refractivity contribution is 6.30. The van der Waals surface area contributed by atoms with Crippen molar-refractivity contribution in [3.63, 3.8) is 0 Å². The van der Waals surface area contributed by atoms with Crippen molar-refractivity contribution in [3.05, 3.63) is 169 Å². The maximum Gasteiger partial charge on any atom is 0.444 e. The van der Waals surface area contributed by atoms with Gasteiger partial charge in [0.25, 0.3) is 0 Å². The summed E-state index contributed by atoms with van der Waals surface area (Å²) in [4.78, 5) is 77.3. The second-order valence-electron chi connectivity index (χ2n) is 18.8. The summed E-state index contributed by atoms with van der Waals surface area (Å²) in [6.45, 7) is 5.16. The van der Waals surface area contributed by atoms with Crippen LogP contribution in [0.4, 0.5) is 22.7 Å². The van der Waals surface area contributed by atoms with Gasteiger partial charge >= 0.3 is 11.9 Å². The van der Waals surface area contributed by atoms with E-state index in [4.69, 9.17) is 9.68 Å². The number of hydrogen-bond donors (Lipinski definition) is 0. The zero-order valence-corrected chi connectivity index (χ0v) is 39.6. The van der Waals surface area contributed by atoms with E-state index in [1.165, 1.54) is 10.1 Å². The second-order valence-corrected chi connectivity index (χ2v) is 18.8. The van der Waals surface area contributed by atoms with Gasteiger partial charge in [0.15, 0.2) is 0 Å². The number of hydroxylamine groups is 2. The minimum atomic E-state index is -1.17. The van der Waals surface area contributed by atoms with Crippen molar-refractivity contribution in [2.24, 2.45) is 0 Å². The lowest BCUT2D eigenvalue weighted by Gasteiger charge is -2.43. The van der Waals surface area contributed by atoms with Crippen molar-refractivity contribution in [1.29, 1.82) is 0 Å². The Bertz CT molecular complexity index is 2570. The lowest BCUT2D eigenvalue weighted by molar-refractivity contribution is -0.171. The molecule has 2 unspecified atom stereocenters. The highest BCUT2D eigenvalue weighted by Gasteiger charge is 2.42. The van der Waals surface area contributed by atoms with E-state index in [1.807, 2.05) is 84.9 Å². The summed E-state index contributed by atoms with van der Waals surface area (Å²) in [5.74, 6) is -2.41. The van der Waals surface area contributed by atoms with Crippen LogP contribution in [-0.2, 0) is 41.7 Å². The molecule has 0 saturated carbocycles. The molecule has 12 heteroatoms. The van der Waals surface area contributed by atoms with E-state index >= 15 is 0 Å². The highest BCUT2D eigenvalue weighted by Crippen LogP contribution is 2.39. The summed E-state index contributed by atoms with van der Waals surface area (Å²) in [5.41, 5.74) is 8.93. The largest absolute Gasteiger partial charge is 0.444 e. The number of para-hydroxylation sites is 4. The predicted molar refractivity (Wildman–Crippen MR) is 274 cm³/mol. The zero-order valence-electron chi connectivity index (χ0n) is 39.6. The van der Waals surface area contributed by atoms with Gasteiger partial charge in [-0.3, -0.25) is 9.59 Å². The Morgan fingerprint density at radius 1 is 0.400 bits per heavy atom. The summed E-state index contributed by atoms with van der Waals surface area (Å²) in [6.07, 6.45) is 5.97. The molecule has 70 heavy (non-hydrogen) atoms. The zero-order chi connectivity index (χ0) is 47.8. The number of rotatable bonds is 14. The molecule has 0 N–H and O–H groups in total. The number of fused-ring (bicyclic) bond motifs is 2. The Balaban J connectivity index is 0.845. The molecule has 4 aliphatic rings. The van der Waals surface area contributed by atoms with Gasteiger partial charge in [-0.2, -0.15) is 10.1 Å². The molecule has 0 bridgehead atoms. The topological polar surface area (TPSA) is 106 Å². The van der Waals surface area contributed by atoms with E-state index in [1.54, 1.807) is 9.80 Å². The minimum Gasteiger partial charge on any atom is -0.329 e. The van der Waals surface area contributed by atoms with Gasteiger partial charge in [0.1, 0.15) is 0 Å². The number of aryl methyl sites for hydroxylation is 2. The summed E-state index contributed by atoms with van der Waals surface area (Å²) in [7, 11) is 0. The van der Waals surface area contributed by atoms with Crippen LogP contribution in [0.2, 0.25) is 0 Å². The molecule has 12 nitrogen and oxygen atoms in total. The summed E-state index contributed by atoms with van der Waals surface area (Å²) < 4.78 is 0. The summed E-state index contributed by atoms with van der Waals surface area (Å²) in [6, 6.07) is 51.0. The highest BCUT2D eigenvalue weighted by atomic mass is 16.8. The molecule has 6 aromatic rings. The molecule has 2 saturated heterocycles. The minimum absolute atomic E-state index is 0.0331. The van der Waals surface area contributed by atoms with Crippen molar-refractivity contribution in [2.45, 2.75) is 63.5 Å². The molecule has 2 atom stereocenters. The molecule has 6 aromatic carbocycles. The Kier molecular flexibility index (Phi) is 14.3. The number of nitrogens with zero attached hydrogens (tertiary/aromatic N) is 6. The molecule has 4 heterocycles. The average molecular weight is 937 g/mol. The van der Waals surface area contributed by atoms with Crippen molar-refractivity contribution in [2.75, 3.05) is 72.3 Å². The maximum absolute atomic E-state index is 14.2. The van der Waals surface area contributed by atoms with Crippen molar-refractivity contribution in [3.8, 4) is 22.3 Å². The van der Waals surface area contributed by atoms with Crippen LogP contribution in [0.5, 0.6) is 0 Å². The van der Waals surface area contributed by atoms with Crippen LogP contribution in [0.1, 0.15) is 49.7 Å². The van der Waals surface area contributed by atoms with Gasteiger partial charge in [0.2, 0.25) is 11.8 Å². The van der Waals surface area contributed by atoms with E-state index in [0.717, 1.165) is 85.2 Å². The van der Waals surface area contributed by atoms with Gasteiger partial charge in [0, 0.05) is 25.9 Å². The fourth-order valence-electron chi connectivity index (χ4n) is 10.4. The standard InChI is InChI=1S/C58H60N6O6/c65-55(33-27-43-23-29-47(30-24-43)45-15-3-1-4-16-45)61-41-49(39-59-35-11-12-36-59)63(53-21-9-7-19-51(53)61)69-57(67)58(68)70-64-50(40-60-37-13-14-38-60)42-62(52-20-8-10-22-54(52)64)56(66)34-28-44-25-31-48(32-26-44)46-17-5-2-6-18-46/h1-10,15-26,29-32,49-50H,11-14,27-28,33-42H2. The molecule has 2 amide bonds. The summed E-state index contributed by atoms with van der Waals surface area (Å²) >= 11 is 0. The predicted octanol–water partition coefficient (Wildman–Crippen LogP) is 9.14. The number of likely N-dealkylation sites (tertiary alicyclic amines) is 2. The smallest absolute Gasteiger partial charge is 0.329 e. The Morgan fingerprint density at radius 2 is 0.729 bits per heavy atom. The van der Waals surface area contributed by atoms with Crippen LogP contribution in [0, 0.1) is 0 Å². The SMILES string of the molecule is O=C(ON1c2ccccc2N(C(=O)CCc2ccc(-c3ccccc3)cc2)CC1CN1CCCC1)C(=O)ON1c2ccccc2N(C(=O)CCc2ccc(-c3ccccc3)cc2)CC1CN1CCCC1. The van der Waals surface area contributed by atoms with E-state index < -0.39 is 24.0 Å². The van der Waals surface area contributed by atoms with E-state index in [0.29, 0.717) is 61.5 Å². The monoisotopic (exact) mass is 936 g/mol. The van der Waals surface area contributed by atoms with Crippen LogP contribution >= 0.6 is 0 Å². The molecule has 10 rings (SSSR count). The molecule has 2 fully saturated rings. The van der Waals surface area contributed by atoms with Gasteiger partial charge in [0.05, 0.1) is 47.9 Å². The van der Waals surface area contributed by atoms with Gasteiger partial charge in [-0.05, 0) is 122 Å². The molecular formula is C58H60N6O6. The number of amides is 2. The first-order valence-corrected chi connectivity index (χ1v) is 24.9. The first kappa shape index (κ1) is 46.4.